The lowest BCUT2D eigenvalue weighted by atomic mass is 10.1. The van der Waals surface area contributed by atoms with Crippen LogP contribution in [0.5, 0.6) is 0 Å². The van der Waals surface area contributed by atoms with Gasteiger partial charge in [-0.05, 0) is 36.9 Å². The molecule has 0 radical (unpaired) electrons. The minimum Gasteiger partial charge on any atom is -0.329 e. The average molecular weight is 204 g/mol. The van der Waals surface area contributed by atoms with E-state index in [1.54, 1.807) is 0 Å². The molecular weight excluding hydrogens is 184 g/mol. The molecule has 0 bridgehead atoms. The van der Waals surface area contributed by atoms with Crippen molar-refractivity contribution in [1.82, 2.24) is 4.90 Å². The van der Waals surface area contributed by atoms with Gasteiger partial charge in [-0.15, -0.1) is 0 Å². The Morgan fingerprint density at radius 2 is 2.20 bits per heavy atom. The SMILES string of the molecule is CN(CCN)Cc1cccc(C2CC2)c1. The van der Waals surface area contributed by atoms with Crippen molar-refractivity contribution in [3.05, 3.63) is 35.4 Å². The van der Waals surface area contributed by atoms with Crippen molar-refractivity contribution in [3.63, 3.8) is 0 Å². The zero-order valence-corrected chi connectivity index (χ0v) is 9.45. The Bertz CT molecular complexity index is 318. The molecule has 15 heavy (non-hydrogen) atoms. The molecule has 2 rings (SSSR count). The highest BCUT2D eigenvalue weighted by molar-refractivity contribution is 5.29. The van der Waals surface area contributed by atoms with Crippen molar-refractivity contribution in [3.8, 4) is 0 Å². The monoisotopic (exact) mass is 204 g/mol. The summed E-state index contributed by atoms with van der Waals surface area (Å²) in [5.74, 6) is 0.852. The van der Waals surface area contributed by atoms with Gasteiger partial charge in [0.05, 0.1) is 0 Å². The molecule has 0 amide bonds. The van der Waals surface area contributed by atoms with E-state index in [2.05, 4.69) is 36.2 Å². The highest BCUT2D eigenvalue weighted by Gasteiger charge is 2.23. The maximum absolute atomic E-state index is 5.53. The molecule has 82 valence electrons. The van der Waals surface area contributed by atoms with Gasteiger partial charge >= 0.3 is 0 Å². The van der Waals surface area contributed by atoms with Gasteiger partial charge in [-0.2, -0.15) is 0 Å². The van der Waals surface area contributed by atoms with Crippen molar-refractivity contribution in [2.24, 2.45) is 5.73 Å². The molecule has 2 heteroatoms. The fraction of sp³-hybridized carbons (Fsp3) is 0.538. The zero-order valence-electron chi connectivity index (χ0n) is 9.45. The maximum Gasteiger partial charge on any atom is 0.0231 e. The second-order valence-electron chi connectivity index (χ2n) is 4.55. The third-order valence-electron chi connectivity index (χ3n) is 2.96. The predicted molar refractivity (Wildman–Crippen MR) is 63.8 cm³/mol. The first-order valence-electron chi connectivity index (χ1n) is 5.77. The molecule has 1 aromatic rings. The van der Waals surface area contributed by atoms with Crippen LogP contribution in [0, 0.1) is 0 Å². The quantitative estimate of drug-likeness (QED) is 0.794. The minimum absolute atomic E-state index is 0.735. The minimum atomic E-state index is 0.735. The van der Waals surface area contributed by atoms with Crippen molar-refractivity contribution < 1.29 is 0 Å². The Labute approximate surface area is 92.1 Å². The van der Waals surface area contributed by atoms with E-state index in [4.69, 9.17) is 5.73 Å². The summed E-state index contributed by atoms with van der Waals surface area (Å²) in [6, 6.07) is 8.99. The van der Waals surface area contributed by atoms with Gasteiger partial charge in [0.1, 0.15) is 0 Å². The summed E-state index contributed by atoms with van der Waals surface area (Å²) in [4.78, 5) is 2.27. The van der Waals surface area contributed by atoms with Crippen LogP contribution in [0.4, 0.5) is 0 Å². The van der Waals surface area contributed by atoms with Gasteiger partial charge in [-0.25, -0.2) is 0 Å². The molecule has 0 saturated heterocycles. The molecule has 0 unspecified atom stereocenters. The van der Waals surface area contributed by atoms with Crippen molar-refractivity contribution in [2.75, 3.05) is 20.1 Å². The zero-order chi connectivity index (χ0) is 10.7. The summed E-state index contributed by atoms with van der Waals surface area (Å²) in [7, 11) is 2.12. The van der Waals surface area contributed by atoms with Crippen LogP contribution in [0.2, 0.25) is 0 Å². The number of nitrogens with zero attached hydrogens (tertiary/aromatic N) is 1. The number of hydrogen-bond acceptors (Lipinski definition) is 2. The van der Waals surface area contributed by atoms with Gasteiger partial charge in [0.25, 0.3) is 0 Å². The molecule has 2 nitrogen and oxygen atoms in total. The average Bonchev–Trinajstić information content (AvgIpc) is 3.01. The topological polar surface area (TPSA) is 29.3 Å². The van der Waals surface area contributed by atoms with Gasteiger partial charge in [0, 0.05) is 19.6 Å². The molecule has 1 aliphatic rings. The van der Waals surface area contributed by atoms with Crippen molar-refractivity contribution >= 4 is 0 Å². The smallest absolute Gasteiger partial charge is 0.0231 e. The molecule has 1 aliphatic carbocycles. The lowest BCUT2D eigenvalue weighted by molar-refractivity contribution is 0.336. The third-order valence-corrected chi connectivity index (χ3v) is 2.96. The van der Waals surface area contributed by atoms with E-state index in [1.807, 2.05) is 0 Å². The second-order valence-corrected chi connectivity index (χ2v) is 4.55. The molecule has 0 spiro atoms. The molecule has 1 aromatic carbocycles. The number of nitrogens with two attached hydrogens (primary N) is 1. The largest absolute Gasteiger partial charge is 0.329 e. The van der Waals surface area contributed by atoms with Crippen LogP contribution >= 0.6 is 0 Å². The van der Waals surface area contributed by atoms with Gasteiger partial charge in [0.2, 0.25) is 0 Å². The summed E-state index contributed by atoms with van der Waals surface area (Å²) in [6.45, 7) is 2.71. The summed E-state index contributed by atoms with van der Waals surface area (Å²) in [5, 5.41) is 0. The lowest BCUT2D eigenvalue weighted by Gasteiger charge is -2.15. The molecule has 1 saturated carbocycles. The first kappa shape index (κ1) is 10.7. The lowest BCUT2D eigenvalue weighted by Crippen LogP contribution is -2.24. The Morgan fingerprint density at radius 1 is 1.40 bits per heavy atom. The molecule has 0 atom stereocenters. The number of rotatable bonds is 5. The standard InChI is InChI=1S/C13H20N2/c1-15(8-7-14)10-11-3-2-4-13(9-11)12-5-6-12/h2-4,9,12H,5-8,10,14H2,1H3. The molecule has 2 N–H and O–H groups in total. The van der Waals surface area contributed by atoms with Crippen LogP contribution in [-0.2, 0) is 6.54 Å². The second kappa shape index (κ2) is 4.77. The summed E-state index contributed by atoms with van der Waals surface area (Å²) < 4.78 is 0. The van der Waals surface area contributed by atoms with Crippen molar-refractivity contribution in [1.29, 1.82) is 0 Å². The van der Waals surface area contributed by atoms with Crippen LogP contribution in [0.25, 0.3) is 0 Å². The highest BCUT2D eigenvalue weighted by Crippen LogP contribution is 2.40. The Hall–Kier alpha value is -0.860. The Morgan fingerprint density at radius 3 is 2.87 bits per heavy atom. The Balaban J connectivity index is 1.98. The fourth-order valence-corrected chi connectivity index (χ4v) is 1.97. The fourth-order valence-electron chi connectivity index (χ4n) is 1.97. The van der Waals surface area contributed by atoms with Crippen LogP contribution in [-0.4, -0.2) is 25.0 Å². The van der Waals surface area contributed by atoms with Crippen molar-refractivity contribution in [2.45, 2.75) is 25.3 Å². The van der Waals surface area contributed by atoms with Gasteiger partial charge in [-0.1, -0.05) is 24.3 Å². The number of hydrogen-bond donors (Lipinski definition) is 1. The highest BCUT2D eigenvalue weighted by atomic mass is 15.1. The van der Waals surface area contributed by atoms with Gasteiger partial charge in [0.15, 0.2) is 0 Å². The van der Waals surface area contributed by atoms with E-state index < -0.39 is 0 Å². The summed E-state index contributed by atoms with van der Waals surface area (Å²) in [6.07, 6.45) is 2.75. The van der Waals surface area contributed by atoms with Crippen LogP contribution in [0.1, 0.15) is 29.9 Å². The van der Waals surface area contributed by atoms with E-state index >= 15 is 0 Å². The van der Waals surface area contributed by atoms with Crippen LogP contribution < -0.4 is 5.73 Å². The van der Waals surface area contributed by atoms with E-state index in [1.165, 1.54) is 24.0 Å². The first-order valence-corrected chi connectivity index (χ1v) is 5.77. The maximum atomic E-state index is 5.53. The van der Waals surface area contributed by atoms with Crippen LogP contribution in [0.15, 0.2) is 24.3 Å². The number of benzene rings is 1. The summed E-state index contributed by atoms with van der Waals surface area (Å²) >= 11 is 0. The first-order chi connectivity index (χ1) is 7.29. The molecular formula is C13H20N2. The third kappa shape index (κ3) is 3.05. The summed E-state index contributed by atoms with van der Waals surface area (Å²) in [5.41, 5.74) is 8.46. The predicted octanol–water partition coefficient (Wildman–Crippen LogP) is 1.95. The van der Waals surface area contributed by atoms with E-state index in [0.29, 0.717) is 0 Å². The molecule has 0 heterocycles. The van der Waals surface area contributed by atoms with Crippen LogP contribution in [0.3, 0.4) is 0 Å². The van der Waals surface area contributed by atoms with E-state index in [9.17, 15) is 0 Å². The Kier molecular flexibility index (Phi) is 3.39. The molecule has 0 aliphatic heterocycles. The van der Waals surface area contributed by atoms with E-state index in [0.717, 1.165) is 25.6 Å². The molecule has 0 aromatic heterocycles. The normalized spacial score (nSPS) is 15.9. The van der Waals surface area contributed by atoms with E-state index in [-0.39, 0.29) is 0 Å². The van der Waals surface area contributed by atoms with Gasteiger partial charge < -0.3 is 10.6 Å². The molecule has 1 fully saturated rings. The number of likely N-dealkylation sites (N-methyl/N-ethyl adjacent to an activating group) is 1. The van der Waals surface area contributed by atoms with Gasteiger partial charge in [-0.3, -0.25) is 0 Å².